The summed E-state index contributed by atoms with van der Waals surface area (Å²) in [5, 5.41) is 8.96. The monoisotopic (exact) mass is 277 g/mol. The summed E-state index contributed by atoms with van der Waals surface area (Å²) in [4.78, 5) is 35.8. The van der Waals surface area contributed by atoms with Gasteiger partial charge in [0.25, 0.3) is 0 Å². The van der Waals surface area contributed by atoms with Crippen molar-refractivity contribution in [1.29, 1.82) is 0 Å². The van der Waals surface area contributed by atoms with E-state index in [0.717, 1.165) is 0 Å². The van der Waals surface area contributed by atoms with Gasteiger partial charge in [-0.05, 0) is 25.1 Å². The number of amides is 1. The third kappa shape index (κ3) is 2.79. The van der Waals surface area contributed by atoms with E-state index in [-0.39, 0.29) is 25.5 Å². The second-order valence-electron chi connectivity index (χ2n) is 4.51. The Bertz CT molecular complexity index is 554. The van der Waals surface area contributed by atoms with Crippen LogP contribution in [-0.4, -0.2) is 36.1 Å². The normalized spacial score (nSPS) is 18.1. The number of benzene rings is 1. The SMILES string of the molecule is CCOC(=O)c1cccc(N2C[C@@H](C(=O)O)CC2=O)c1. The molecule has 0 saturated carbocycles. The fourth-order valence-electron chi connectivity index (χ4n) is 2.14. The molecule has 0 aromatic heterocycles. The molecule has 2 rings (SSSR count). The predicted molar refractivity (Wildman–Crippen MR) is 70.5 cm³/mol. The molecule has 1 saturated heterocycles. The second kappa shape index (κ2) is 5.73. The third-order valence-electron chi connectivity index (χ3n) is 3.14. The molecule has 0 spiro atoms. The molecule has 1 aliphatic heterocycles. The first-order chi connectivity index (χ1) is 9.52. The fourth-order valence-corrected chi connectivity index (χ4v) is 2.14. The van der Waals surface area contributed by atoms with E-state index in [1.807, 2.05) is 0 Å². The molecule has 0 unspecified atom stereocenters. The number of hydrogen-bond donors (Lipinski definition) is 1. The number of ether oxygens (including phenoxy) is 1. The van der Waals surface area contributed by atoms with E-state index in [2.05, 4.69) is 0 Å². The Balaban J connectivity index is 2.21. The molecule has 1 N–H and O–H groups in total. The molecule has 1 aromatic carbocycles. The lowest BCUT2D eigenvalue weighted by atomic mass is 10.1. The Morgan fingerprint density at radius 3 is 2.80 bits per heavy atom. The van der Waals surface area contributed by atoms with Crippen LogP contribution in [0.3, 0.4) is 0 Å². The summed E-state index contributed by atoms with van der Waals surface area (Å²) in [7, 11) is 0. The second-order valence-corrected chi connectivity index (χ2v) is 4.51. The molecule has 6 nitrogen and oxygen atoms in total. The summed E-state index contributed by atoms with van der Waals surface area (Å²) in [5.74, 6) is -2.40. The van der Waals surface area contributed by atoms with Gasteiger partial charge in [-0.3, -0.25) is 9.59 Å². The minimum absolute atomic E-state index is 0.0149. The van der Waals surface area contributed by atoms with Crippen molar-refractivity contribution in [2.24, 2.45) is 5.92 Å². The highest BCUT2D eigenvalue weighted by molar-refractivity contribution is 6.00. The average Bonchev–Trinajstić information content (AvgIpc) is 2.81. The van der Waals surface area contributed by atoms with E-state index in [1.54, 1.807) is 31.2 Å². The van der Waals surface area contributed by atoms with Gasteiger partial charge in [-0.15, -0.1) is 0 Å². The van der Waals surface area contributed by atoms with E-state index in [9.17, 15) is 14.4 Å². The summed E-state index contributed by atoms with van der Waals surface area (Å²) in [6.45, 7) is 2.11. The van der Waals surface area contributed by atoms with Crippen LogP contribution in [0.2, 0.25) is 0 Å². The van der Waals surface area contributed by atoms with Gasteiger partial charge >= 0.3 is 11.9 Å². The lowest BCUT2D eigenvalue weighted by Crippen LogP contribution is -2.26. The molecule has 1 fully saturated rings. The van der Waals surface area contributed by atoms with Crippen molar-refractivity contribution in [2.45, 2.75) is 13.3 Å². The van der Waals surface area contributed by atoms with E-state index < -0.39 is 17.9 Å². The van der Waals surface area contributed by atoms with E-state index >= 15 is 0 Å². The van der Waals surface area contributed by atoms with Crippen molar-refractivity contribution < 1.29 is 24.2 Å². The van der Waals surface area contributed by atoms with Gasteiger partial charge < -0.3 is 14.7 Å². The molecule has 0 aliphatic carbocycles. The highest BCUT2D eigenvalue weighted by Crippen LogP contribution is 2.26. The molecule has 1 atom stereocenters. The van der Waals surface area contributed by atoms with Crippen LogP contribution in [0.25, 0.3) is 0 Å². The van der Waals surface area contributed by atoms with Gasteiger partial charge in [0, 0.05) is 18.7 Å². The lowest BCUT2D eigenvalue weighted by Gasteiger charge is -2.16. The third-order valence-corrected chi connectivity index (χ3v) is 3.14. The number of nitrogens with zero attached hydrogens (tertiary/aromatic N) is 1. The summed E-state index contributed by atoms with van der Waals surface area (Å²) in [6.07, 6.45) is -0.0149. The summed E-state index contributed by atoms with van der Waals surface area (Å²) in [5.41, 5.74) is 0.861. The average molecular weight is 277 g/mol. The minimum atomic E-state index is -0.984. The highest BCUT2D eigenvalue weighted by Gasteiger charge is 2.35. The van der Waals surface area contributed by atoms with Crippen molar-refractivity contribution in [1.82, 2.24) is 0 Å². The minimum Gasteiger partial charge on any atom is -0.481 e. The first kappa shape index (κ1) is 14.0. The van der Waals surface area contributed by atoms with Gasteiger partial charge in [0.05, 0.1) is 18.1 Å². The van der Waals surface area contributed by atoms with Gasteiger partial charge in [0.2, 0.25) is 5.91 Å². The first-order valence-electron chi connectivity index (χ1n) is 6.33. The van der Waals surface area contributed by atoms with Crippen molar-refractivity contribution in [3.8, 4) is 0 Å². The quantitative estimate of drug-likeness (QED) is 0.839. The molecule has 0 bridgehead atoms. The van der Waals surface area contributed by atoms with Crippen molar-refractivity contribution in [2.75, 3.05) is 18.1 Å². The maximum atomic E-state index is 11.8. The predicted octanol–water partition coefficient (Wildman–Crippen LogP) is 1.30. The Morgan fingerprint density at radius 2 is 2.20 bits per heavy atom. The standard InChI is InChI=1S/C14H15NO5/c1-2-20-14(19)9-4-3-5-11(6-9)15-8-10(13(17)18)7-12(15)16/h3-6,10H,2,7-8H2,1H3,(H,17,18)/t10-/m0/s1. The van der Waals surface area contributed by atoms with Crippen LogP contribution >= 0.6 is 0 Å². The largest absolute Gasteiger partial charge is 0.481 e. The van der Waals surface area contributed by atoms with Crippen molar-refractivity contribution in [3.63, 3.8) is 0 Å². The molecule has 1 aromatic rings. The zero-order valence-electron chi connectivity index (χ0n) is 11.0. The lowest BCUT2D eigenvalue weighted by molar-refractivity contribution is -0.141. The highest BCUT2D eigenvalue weighted by atomic mass is 16.5. The maximum Gasteiger partial charge on any atom is 0.338 e. The van der Waals surface area contributed by atoms with Crippen molar-refractivity contribution >= 4 is 23.5 Å². The summed E-state index contributed by atoms with van der Waals surface area (Å²) in [6, 6.07) is 6.45. The summed E-state index contributed by atoms with van der Waals surface area (Å²) >= 11 is 0. The van der Waals surface area contributed by atoms with Crippen LogP contribution in [0.4, 0.5) is 5.69 Å². The van der Waals surface area contributed by atoms with Gasteiger partial charge in [-0.1, -0.05) is 6.07 Å². The van der Waals surface area contributed by atoms with Gasteiger partial charge in [0.1, 0.15) is 0 Å². The number of rotatable bonds is 4. The molecule has 0 radical (unpaired) electrons. The van der Waals surface area contributed by atoms with Crippen LogP contribution in [0.1, 0.15) is 23.7 Å². The number of anilines is 1. The molecular weight excluding hydrogens is 262 g/mol. The topological polar surface area (TPSA) is 83.9 Å². The number of carboxylic acids is 1. The number of carboxylic acid groups (broad SMARTS) is 1. The van der Waals surface area contributed by atoms with Crippen LogP contribution in [-0.2, 0) is 14.3 Å². The first-order valence-corrected chi connectivity index (χ1v) is 6.33. The molecule has 6 heteroatoms. The zero-order chi connectivity index (χ0) is 14.7. The van der Waals surface area contributed by atoms with Crippen LogP contribution in [0.5, 0.6) is 0 Å². The Hall–Kier alpha value is -2.37. The van der Waals surface area contributed by atoms with E-state index in [1.165, 1.54) is 4.90 Å². The Kier molecular flexibility index (Phi) is 4.02. The number of carbonyl (C=O) groups is 3. The van der Waals surface area contributed by atoms with Gasteiger partial charge in [-0.2, -0.15) is 0 Å². The maximum absolute atomic E-state index is 11.8. The fraction of sp³-hybridized carbons (Fsp3) is 0.357. The van der Waals surface area contributed by atoms with Gasteiger partial charge in [-0.25, -0.2) is 4.79 Å². The molecule has 1 heterocycles. The molecule has 1 amide bonds. The van der Waals surface area contributed by atoms with Crippen molar-refractivity contribution in [3.05, 3.63) is 29.8 Å². The van der Waals surface area contributed by atoms with Crippen LogP contribution in [0.15, 0.2) is 24.3 Å². The van der Waals surface area contributed by atoms with Crippen LogP contribution < -0.4 is 4.90 Å². The van der Waals surface area contributed by atoms with E-state index in [4.69, 9.17) is 9.84 Å². The Morgan fingerprint density at radius 1 is 1.45 bits per heavy atom. The smallest absolute Gasteiger partial charge is 0.338 e. The number of carbonyl (C=O) groups excluding carboxylic acids is 2. The molecule has 1 aliphatic rings. The number of hydrogen-bond acceptors (Lipinski definition) is 4. The number of esters is 1. The molecule has 20 heavy (non-hydrogen) atoms. The Labute approximate surface area is 115 Å². The van der Waals surface area contributed by atoms with Gasteiger partial charge in [0.15, 0.2) is 0 Å². The number of aliphatic carboxylic acids is 1. The van der Waals surface area contributed by atoms with E-state index in [0.29, 0.717) is 11.3 Å². The zero-order valence-corrected chi connectivity index (χ0v) is 11.0. The molecule has 106 valence electrons. The molecular formula is C14H15NO5. The summed E-state index contributed by atoms with van der Waals surface area (Å²) < 4.78 is 4.90. The van der Waals surface area contributed by atoms with Crippen LogP contribution in [0, 0.1) is 5.92 Å².